The van der Waals surface area contributed by atoms with Crippen molar-refractivity contribution < 1.29 is 14.6 Å². The van der Waals surface area contributed by atoms with Gasteiger partial charge in [-0.1, -0.05) is 13.8 Å². The van der Waals surface area contributed by atoms with Gasteiger partial charge in [-0.15, -0.1) is 11.8 Å². The van der Waals surface area contributed by atoms with Gasteiger partial charge in [0.2, 0.25) is 0 Å². The van der Waals surface area contributed by atoms with E-state index in [-0.39, 0.29) is 11.2 Å². The van der Waals surface area contributed by atoms with Gasteiger partial charge in [-0.3, -0.25) is 4.79 Å². The molecule has 0 saturated carbocycles. The number of hydrogen-bond acceptors (Lipinski definition) is 3. The molecule has 0 aromatic rings. The van der Waals surface area contributed by atoms with E-state index in [1.807, 2.05) is 20.8 Å². The Morgan fingerprint density at radius 2 is 2.15 bits per heavy atom. The summed E-state index contributed by atoms with van der Waals surface area (Å²) in [6.45, 7) is 7.11. The molecule has 0 bridgehead atoms. The van der Waals surface area contributed by atoms with Gasteiger partial charge in [-0.2, -0.15) is 0 Å². The van der Waals surface area contributed by atoms with Crippen LogP contribution in [0.15, 0.2) is 0 Å². The van der Waals surface area contributed by atoms with Gasteiger partial charge in [-0.25, -0.2) is 0 Å². The molecule has 0 spiro atoms. The Morgan fingerprint density at radius 3 is 2.54 bits per heavy atom. The molecule has 0 rings (SSSR count). The van der Waals surface area contributed by atoms with Crippen LogP contribution in [0.5, 0.6) is 0 Å². The molecule has 0 radical (unpaired) electrons. The maximum Gasteiger partial charge on any atom is 0.316 e. The van der Waals surface area contributed by atoms with Crippen LogP contribution in [0.3, 0.4) is 0 Å². The van der Waals surface area contributed by atoms with Crippen molar-refractivity contribution in [3.8, 4) is 0 Å². The summed E-state index contributed by atoms with van der Waals surface area (Å²) < 4.78 is 5.13. The summed E-state index contributed by atoms with van der Waals surface area (Å²) in [6.07, 6.45) is 0. The number of ether oxygens (including phenoxy) is 1. The molecule has 0 aliphatic carbocycles. The van der Waals surface area contributed by atoms with E-state index in [4.69, 9.17) is 9.84 Å². The number of carboxylic acid groups (broad SMARTS) is 1. The van der Waals surface area contributed by atoms with Crippen molar-refractivity contribution in [2.45, 2.75) is 26.0 Å². The van der Waals surface area contributed by atoms with E-state index in [2.05, 4.69) is 0 Å². The first-order chi connectivity index (χ1) is 6.09. The summed E-state index contributed by atoms with van der Waals surface area (Å²) in [6, 6.07) is 0. The maximum atomic E-state index is 10.7. The highest BCUT2D eigenvalue weighted by Crippen LogP contribution is 2.19. The van der Waals surface area contributed by atoms with E-state index in [1.54, 1.807) is 0 Å². The maximum absolute atomic E-state index is 10.7. The summed E-state index contributed by atoms with van der Waals surface area (Å²) >= 11 is 1.45. The first-order valence-electron chi connectivity index (χ1n) is 4.51. The first kappa shape index (κ1) is 12.8. The summed E-state index contributed by atoms with van der Waals surface area (Å²) in [5.41, 5.74) is 0. The Morgan fingerprint density at radius 1 is 1.54 bits per heavy atom. The van der Waals surface area contributed by atoms with Gasteiger partial charge in [0.15, 0.2) is 0 Å². The molecule has 3 nitrogen and oxygen atoms in total. The predicted molar refractivity (Wildman–Crippen MR) is 55.2 cm³/mol. The Balaban J connectivity index is 3.64. The molecule has 0 saturated heterocycles. The van der Waals surface area contributed by atoms with Gasteiger partial charge in [-0.05, 0) is 12.8 Å². The fourth-order valence-electron chi connectivity index (χ4n) is 0.927. The average molecular weight is 206 g/mol. The van der Waals surface area contributed by atoms with Crippen LogP contribution in [0, 0.1) is 5.92 Å². The van der Waals surface area contributed by atoms with Gasteiger partial charge in [0.25, 0.3) is 0 Å². The average Bonchev–Trinajstić information content (AvgIpc) is 2.02. The predicted octanol–water partition coefficient (Wildman–Crippen LogP) is 1.87. The second kappa shape index (κ2) is 7.21. The summed E-state index contributed by atoms with van der Waals surface area (Å²) in [5, 5.41) is 8.53. The van der Waals surface area contributed by atoms with Crippen molar-refractivity contribution >= 4 is 17.7 Å². The molecular weight excluding hydrogens is 188 g/mol. The third-order valence-electron chi connectivity index (χ3n) is 1.58. The minimum Gasteiger partial charge on any atom is -0.480 e. The van der Waals surface area contributed by atoms with Gasteiger partial charge in [0.05, 0.1) is 6.61 Å². The molecule has 4 heteroatoms. The first-order valence-corrected chi connectivity index (χ1v) is 5.56. The minimum absolute atomic E-state index is 0.170. The molecule has 78 valence electrons. The van der Waals surface area contributed by atoms with Crippen molar-refractivity contribution in [3.05, 3.63) is 0 Å². The van der Waals surface area contributed by atoms with Gasteiger partial charge in [0.1, 0.15) is 5.25 Å². The van der Waals surface area contributed by atoms with Gasteiger partial charge < -0.3 is 9.84 Å². The zero-order chi connectivity index (χ0) is 10.3. The second-order valence-electron chi connectivity index (χ2n) is 3.07. The lowest BCUT2D eigenvalue weighted by Gasteiger charge is -2.15. The summed E-state index contributed by atoms with van der Waals surface area (Å²) in [7, 11) is 0. The highest BCUT2D eigenvalue weighted by atomic mass is 32.2. The third-order valence-corrected chi connectivity index (χ3v) is 3.09. The van der Waals surface area contributed by atoms with Crippen molar-refractivity contribution in [3.63, 3.8) is 0 Å². The van der Waals surface area contributed by atoms with E-state index < -0.39 is 5.97 Å². The van der Waals surface area contributed by atoms with Crippen molar-refractivity contribution in [2.75, 3.05) is 19.0 Å². The van der Waals surface area contributed by atoms with Crippen LogP contribution in [0.4, 0.5) is 0 Å². The Bertz CT molecular complexity index is 148. The number of carbonyl (C=O) groups is 1. The van der Waals surface area contributed by atoms with Crippen LogP contribution in [0.2, 0.25) is 0 Å². The molecule has 0 aliphatic rings. The number of thioether (sulfide) groups is 1. The monoisotopic (exact) mass is 206 g/mol. The molecule has 0 aromatic heterocycles. The minimum atomic E-state index is -0.725. The van der Waals surface area contributed by atoms with E-state index >= 15 is 0 Å². The van der Waals surface area contributed by atoms with E-state index in [1.165, 1.54) is 11.8 Å². The quantitative estimate of drug-likeness (QED) is 0.646. The van der Waals surface area contributed by atoms with Gasteiger partial charge >= 0.3 is 5.97 Å². The van der Waals surface area contributed by atoms with Crippen molar-refractivity contribution in [1.82, 2.24) is 0 Å². The van der Waals surface area contributed by atoms with Crippen LogP contribution < -0.4 is 0 Å². The Labute approximate surface area is 83.9 Å². The molecule has 1 unspecified atom stereocenters. The topological polar surface area (TPSA) is 46.5 Å². The van der Waals surface area contributed by atoms with Crippen LogP contribution in [0.1, 0.15) is 20.8 Å². The highest BCUT2D eigenvalue weighted by Gasteiger charge is 2.21. The highest BCUT2D eigenvalue weighted by molar-refractivity contribution is 8.00. The number of carboxylic acids is 1. The van der Waals surface area contributed by atoms with Crippen LogP contribution in [-0.4, -0.2) is 35.3 Å². The standard InChI is InChI=1S/C9H18O3S/c1-4-12-5-6-13-8(7(2)3)9(10)11/h7-8H,4-6H2,1-3H3,(H,10,11). The second-order valence-corrected chi connectivity index (χ2v) is 4.32. The van der Waals surface area contributed by atoms with E-state index in [0.29, 0.717) is 13.2 Å². The molecule has 0 aromatic carbocycles. The van der Waals surface area contributed by atoms with Crippen molar-refractivity contribution in [2.24, 2.45) is 5.92 Å². The molecular formula is C9H18O3S. The smallest absolute Gasteiger partial charge is 0.316 e. The lowest BCUT2D eigenvalue weighted by atomic mass is 10.1. The molecule has 1 atom stereocenters. The van der Waals surface area contributed by atoms with Crippen LogP contribution in [0.25, 0.3) is 0 Å². The number of aliphatic carboxylic acids is 1. The van der Waals surface area contributed by atoms with E-state index in [0.717, 1.165) is 5.75 Å². The zero-order valence-electron chi connectivity index (χ0n) is 8.45. The normalized spacial score (nSPS) is 13.2. The Hall–Kier alpha value is -0.220. The molecule has 0 aliphatic heterocycles. The third kappa shape index (κ3) is 5.93. The number of rotatable bonds is 7. The molecule has 13 heavy (non-hydrogen) atoms. The fourth-order valence-corrected chi connectivity index (χ4v) is 1.92. The SMILES string of the molecule is CCOCCSC(C(=O)O)C(C)C. The van der Waals surface area contributed by atoms with Crippen molar-refractivity contribution in [1.29, 1.82) is 0 Å². The zero-order valence-corrected chi connectivity index (χ0v) is 9.26. The van der Waals surface area contributed by atoms with Crippen LogP contribution >= 0.6 is 11.8 Å². The number of hydrogen-bond donors (Lipinski definition) is 1. The van der Waals surface area contributed by atoms with Crippen LogP contribution in [-0.2, 0) is 9.53 Å². The summed E-state index contributed by atoms with van der Waals surface area (Å²) in [5.74, 6) is 0.198. The summed E-state index contributed by atoms with van der Waals surface area (Å²) in [4.78, 5) is 10.7. The van der Waals surface area contributed by atoms with E-state index in [9.17, 15) is 4.79 Å². The lowest BCUT2D eigenvalue weighted by molar-refractivity contribution is -0.137. The molecule has 0 fully saturated rings. The largest absolute Gasteiger partial charge is 0.480 e. The molecule has 1 N–H and O–H groups in total. The molecule has 0 heterocycles. The van der Waals surface area contributed by atoms with Gasteiger partial charge in [0, 0.05) is 12.4 Å². The Kier molecular flexibility index (Phi) is 7.09. The molecule has 0 amide bonds. The lowest BCUT2D eigenvalue weighted by Crippen LogP contribution is -2.23. The fraction of sp³-hybridized carbons (Fsp3) is 0.889.